The van der Waals surface area contributed by atoms with E-state index in [4.69, 9.17) is 4.74 Å². The lowest BCUT2D eigenvalue weighted by molar-refractivity contribution is -0.906. The molecule has 0 aromatic heterocycles. The van der Waals surface area contributed by atoms with Crippen LogP contribution in [-0.2, 0) is 4.74 Å². The Balaban J connectivity index is 1.82. The number of hydrogen-bond acceptors (Lipinski definition) is 3. The molecule has 21 heavy (non-hydrogen) atoms. The van der Waals surface area contributed by atoms with E-state index in [1.807, 2.05) is 24.3 Å². The van der Waals surface area contributed by atoms with E-state index in [1.165, 1.54) is 4.90 Å². The summed E-state index contributed by atoms with van der Waals surface area (Å²) in [4.78, 5) is 14.9. The molecule has 1 fully saturated rings. The van der Waals surface area contributed by atoms with Crippen LogP contribution in [0.25, 0.3) is 0 Å². The molecule has 1 aromatic carbocycles. The highest BCUT2D eigenvalue weighted by Gasteiger charge is 2.15. The zero-order valence-corrected chi connectivity index (χ0v) is 13.5. The Kier molecular flexibility index (Phi) is 7.06. The van der Waals surface area contributed by atoms with E-state index in [-0.39, 0.29) is 5.91 Å². The number of amides is 1. The third kappa shape index (κ3) is 5.34. The Morgan fingerprint density at radius 3 is 2.86 bits per heavy atom. The van der Waals surface area contributed by atoms with Crippen LogP contribution >= 0.6 is 11.8 Å². The molecule has 0 radical (unpaired) electrons. The third-order valence-corrected chi connectivity index (χ3v) is 4.84. The Morgan fingerprint density at radius 1 is 1.33 bits per heavy atom. The summed E-state index contributed by atoms with van der Waals surface area (Å²) in [6, 6.07) is 7.86. The number of morpholine rings is 1. The Morgan fingerprint density at radius 2 is 2.10 bits per heavy atom. The quantitative estimate of drug-likeness (QED) is 0.733. The number of carbonyl (C=O) groups is 1. The molecule has 1 aliphatic heterocycles. The summed E-state index contributed by atoms with van der Waals surface area (Å²) in [5.41, 5.74) is 0.799. The topological polar surface area (TPSA) is 42.8 Å². The normalized spacial score (nSPS) is 15.9. The predicted octanol–water partition coefficient (Wildman–Crippen LogP) is 0.834. The van der Waals surface area contributed by atoms with Crippen LogP contribution in [0.1, 0.15) is 23.7 Å². The van der Waals surface area contributed by atoms with Gasteiger partial charge in [-0.25, -0.2) is 0 Å². The number of thioether (sulfide) groups is 1. The standard InChI is InChI=1S/C16H24N2O2S/c1-2-13-21-15-6-4-3-5-14(15)16(19)17-7-8-18-9-11-20-12-10-18/h3-6H,2,7-13H2,1H3,(H,17,19)/p+1. The van der Waals surface area contributed by atoms with E-state index < -0.39 is 0 Å². The monoisotopic (exact) mass is 309 g/mol. The summed E-state index contributed by atoms with van der Waals surface area (Å²) in [5, 5.41) is 3.05. The van der Waals surface area contributed by atoms with Gasteiger partial charge in [0.15, 0.2) is 0 Å². The Hall–Kier alpha value is -1.04. The average molecular weight is 309 g/mol. The van der Waals surface area contributed by atoms with Crippen molar-refractivity contribution in [3.8, 4) is 0 Å². The molecule has 0 bridgehead atoms. The summed E-state index contributed by atoms with van der Waals surface area (Å²) >= 11 is 1.75. The molecule has 4 nitrogen and oxygen atoms in total. The van der Waals surface area contributed by atoms with Gasteiger partial charge < -0.3 is 15.0 Å². The first-order valence-corrected chi connectivity index (χ1v) is 8.71. The molecule has 0 unspecified atom stereocenters. The number of carbonyl (C=O) groups excluding carboxylic acids is 1. The molecular formula is C16H25N2O2S+. The van der Waals surface area contributed by atoms with Crippen molar-refractivity contribution in [1.82, 2.24) is 5.32 Å². The fourth-order valence-corrected chi connectivity index (χ4v) is 3.27. The highest BCUT2D eigenvalue weighted by Crippen LogP contribution is 2.22. The largest absolute Gasteiger partial charge is 0.370 e. The molecule has 1 amide bonds. The number of quaternary nitrogens is 1. The molecule has 5 heteroatoms. The fourth-order valence-electron chi connectivity index (χ4n) is 2.35. The molecule has 1 aliphatic rings. The Bertz CT molecular complexity index is 448. The van der Waals surface area contributed by atoms with Gasteiger partial charge in [-0.15, -0.1) is 11.8 Å². The highest BCUT2D eigenvalue weighted by molar-refractivity contribution is 7.99. The van der Waals surface area contributed by atoms with Gasteiger partial charge in [-0.1, -0.05) is 19.1 Å². The maximum Gasteiger partial charge on any atom is 0.252 e. The zero-order valence-electron chi connectivity index (χ0n) is 12.7. The number of hydrogen-bond donors (Lipinski definition) is 2. The van der Waals surface area contributed by atoms with Crippen LogP contribution in [-0.4, -0.2) is 51.1 Å². The van der Waals surface area contributed by atoms with Crippen molar-refractivity contribution >= 4 is 17.7 Å². The molecule has 0 saturated carbocycles. The molecule has 1 saturated heterocycles. The lowest BCUT2D eigenvalue weighted by Gasteiger charge is -2.23. The minimum absolute atomic E-state index is 0.0434. The van der Waals surface area contributed by atoms with Gasteiger partial charge in [0.1, 0.15) is 13.1 Å². The van der Waals surface area contributed by atoms with Gasteiger partial charge in [0.05, 0.1) is 31.9 Å². The number of benzene rings is 1. The molecular weight excluding hydrogens is 284 g/mol. The molecule has 1 aromatic rings. The van der Waals surface area contributed by atoms with Crippen molar-refractivity contribution in [2.45, 2.75) is 18.2 Å². The second kappa shape index (κ2) is 9.07. The van der Waals surface area contributed by atoms with Crippen LogP contribution in [0.2, 0.25) is 0 Å². The fraction of sp³-hybridized carbons (Fsp3) is 0.562. The van der Waals surface area contributed by atoms with Crippen LogP contribution in [0.3, 0.4) is 0 Å². The molecule has 2 rings (SSSR count). The maximum atomic E-state index is 12.3. The molecule has 0 spiro atoms. The van der Waals surface area contributed by atoms with Gasteiger partial charge in [0.25, 0.3) is 5.91 Å². The van der Waals surface area contributed by atoms with Crippen molar-refractivity contribution in [1.29, 1.82) is 0 Å². The van der Waals surface area contributed by atoms with Gasteiger partial charge in [-0.05, 0) is 24.3 Å². The van der Waals surface area contributed by atoms with Gasteiger partial charge in [-0.2, -0.15) is 0 Å². The van der Waals surface area contributed by atoms with Crippen molar-refractivity contribution in [3.63, 3.8) is 0 Å². The van der Waals surface area contributed by atoms with Gasteiger partial charge in [0, 0.05) is 4.90 Å². The van der Waals surface area contributed by atoms with Crippen LogP contribution in [0, 0.1) is 0 Å². The van der Waals surface area contributed by atoms with E-state index in [1.54, 1.807) is 11.8 Å². The predicted molar refractivity (Wildman–Crippen MR) is 86.2 cm³/mol. The second-order valence-electron chi connectivity index (χ2n) is 5.21. The van der Waals surface area contributed by atoms with Gasteiger partial charge >= 0.3 is 0 Å². The van der Waals surface area contributed by atoms with E-state index in [0.29, 0.717) is 0 Å². The van der Waals surface area contributed by atoms with Crippen molar-refractivity contribution in [2.24, 2.45) is 0 Å². The van der Waals surface area contributed by atoms with E-state index in [0.717, 1.165) is 62.0 Å². The van der Waals surface area contributed by atoms with E-state index in [2.05, 4.69) is 12.2 Å². The van der Waals surface area contributed by atoms with Crippen molar-refractivity contribution in [3.05, 3.63) is 29.8 Å². The first-order chi connectivity index (χ1) is 10.3. The summed E-state index contributed by atoms with van der Waals surface area (Å²) in [5.74, 6) is 1.09. The van der Waals surface area contributed by atoms with Crippen LogP contribution in [0.15, 0.2) is 29.2 Å². The van der Waals surface area contributed by atoms with Gasteiger partial charge in [-0.3, -0.25) is 4.79 Å². The summed E-state index contributed by atoms with van der Waals surface area (Å²) in [6.07, 6.45) is 1.11. The zero-order chi connectivity index (χ0) is 14.9. The smallest absolute Gasteiger partial charge is 0.252 e. The molecule has 0 aliphatic carbocycles. The first kappa shape index (κ1) is 16.3. The minimum Gasteiger partial charge on any atom is -0.370 e. The second-order valence-corrected chi connectivity index (χ2v) is 6.35. The van der Waals surface area contributed by atoms with Crippen molar-refractivity contribution < 1.29 is 14.4 Å². The lowest BCUT2D eigenvalue weighted by atomic mass is 10.2. The van der Waals surface area contributed by atoms with E-state index >= 15 is 0 Å². The molecule has 1 heterocycles. The maximum absolute atomic E-state index is 12.3. The number of ether oxygens (including phenoxy) is 1. The molecule has 0 atom stereocenters. The van der Waals surface area contributed by atoms with E-state index in [9.17, 15) is 4.79 Å². The first-order valence-electron chi connectivity index (χ1n) is 7.72. The number of nitrogens with one attached hydrogen (secondary N) is 2. The van der Waals surface area contributed by atoms with Crippen LogP contribution in [0.4, 0.5) is 0 Å². The average Bonchev–Trinajstić information content (AvgIpc) is 2.54. The summed E-state index contributed by atoms with van der Waals surface area (Å²) in [6.45, 7) is 7.60. The minimum atomic E-state index is 0.0434. The Labute approximate surface area is 131 Å². The molecule has 116 valence electrons. The van der Waals surface area contributed by atoms with Crippen LogP contribution in [0.5, 0.6) is 0 Å². The number of rotatable bonds is 7. The SMILES string of the molecule is CCCSc1ccccc1C(=O)NCC[NH+]1CCOCC1. The summed E-state index contributed by atoms with van der Waals surface area (Å²) < 4.78 is 5.34. The highest BCUT2D eigenvalue weighted by atomic mass is 32.2. The van der Waals surface area contributed by atoms with Crippen molar-refractivity contribution in [2.75, 3.05) is 45.1 Å². The van der Waals surface area contributed by atoms with Gasteiger partial charge in [0.2, 0.25) is 0 Å². The summed E-state index contributed by atoms with van der Waals surface area (Å²) in [7, 11) is 0. The third-order valence-electron chi connectivity index (χ3n) is 3.56. The van der Waals surface area contributed by atoms with Crippen LogP contribution < -0.4 is 10.2 Å². The molecule has 2 N–H and O–H groups in total. The lowest BCUT2D eigenvalue weighted by Crippen LogP contribution is -3.14.